The number of pyridine rings is 2. The number of aromatic nitrogens is 2. The van der Waals surface area contributed by atoms with Gasteiger partial charge in [0.2, 0.25) is 0 Å². The molecular formula is C15H18ClN3. The van der Waals surface area contributed by atoms with Gasteiger partial charge < -0.3 is 0 Å². The SMILES string of the molecule is CCN(Cc1ccc(Cl)nc1)Cc1cccc(C)n1. The van der Waals surface area contributed by atoms with E-state index in [1.165, 1.54) is 5.56 Å². The van der Waals surface area contributed by atoms with E-state index < -0.39 is 0 Å². The second-order valence-electron chi connectivity index (χ2n) is 4.56. The number of halogens is 1. The molecule has 100 valence electrons. The highest BCUT2D eigenvalue weighted by atomic mass is 35.5. The minimum absolute atomic E-state index is 0.534. The molecule has 0 spiro atoms. The van der Waals surface area contributed by atoms with Crippen molar-refractivity contribution in [2.24, 2.45) is 0 Å². The lowest BCUT2D eigenvalue weighted by Gasteiger charge is -2.20. The Labute approximate surface area is 119 Å². The summed E-state index contributed by atoms with van der Waals surface area (Å²) in [6.07, 6.45) is 1.83. The fraction of sp³-hybridized carbons (Fsp3) is 0.333. The van der Waals surface area contributed by atoms with Crippen LogP contribution in [0.2, 0.25) is 5.15 Å². The third kappa shape index (κ3) is 4.30. The molecule has 0 fully saturated rings. The summed E-state index contributed by atoms with van der Waals surface area (Å²) < 4.78 is 0. The fourth-order valence-corrected chi connectivity index (χ4v) is 2.07. The minimum Gasteiger partial charge on any atom is -0.293 e. The zero-order valence-electron chi connectivity index (χ0n) is 11.3. The van der Waals surface area contributed by atoms with E-state index in [0.29, 0.717) is 5.15 Å². The molecule has 2 aromatic rings. The Morgan fingerprint density at radius 2 is 2.00 bits per heavy atom. The van der Waals surface area contributed by atoms with E-state index in [1.807, 2.05) is 31.3 Å². The Bertz CT molecular complexity index is 525. The lowest BCUT2D eigenvalue weighted by molar-refractivity contribution is 0.267. The highest BCUT2D eigenvalue weighted by molar-refractivity contribution is 6.29. The molecule has 0 aliphatic heterocycles. The molecule has 0 aromatic carbocycles. The van der Waals surface area contributed by atoms with Gasteiger partial charge in [-0.05, 0) is 37.2 Å². The predicted molar refractivity (Wildman–Crippen MR) is 78.0 cm³/mol. The summed E-state index contributed by atoms with van der Waals surface area (Å²) in [5, 5.41) is 0.534. The molecule has 0 saturated heterocycles. The van der Waals surface area contributed by atoms with E-state index in [0.717, 1.165) is 31.0 Å². The molecule has 0 saturated carbocycles. The maximum atomic E-state index is 5.79. The first-order valence-electron chi connectivity index (χ1n) is 6.42. The van der Waals surface area contributed by atoms with Crippen LogP contribution in [0.15, 0.2) is 36.5 Å². The van der Waals surface area contributed by atoms with E-state index in [-0.39, 0.29) is 0 Å². The van der Waals surface area contributed by atoms with Crippen LogP contribution < -0.4 is 0 Å². The quantitative estimate of drug-likeness (QED) is 0.783. The molecule has 3 nitrogen and oxygen atoms in total. The third-order valence-electron chi connectivity index (χ3n) is 2.97. The summed E-state index contributed by atoms with van der Waals surface area (Å²) >= 11 is 5.79. The molecular weight excluding hydrogens is 258 g/mol. The molecule has 2 rings (SSSR count). The molecule has 2 heterocycles. The number of nitrogens with zero attached hydrogens (tertiary/aromatic N) is 3. The largest absolute Gasteiger partial charge is 0.293 e. The number of aryl methyl sites for hydroxylation is 1. The van der Waals surface area contributed by atoms with Crippen molar-refractivity contribution in [3.63, 3.8) is 0 Å². The van der Waals surface area contributed by atoms with Gasteiger partial charge in [0.05, 0.1) is 5.69 Å². The van der Waals surface area contributed by atoms with Crippen LogP contribution in [0.5, 0.6) is 0 Å². The average Bonchev–Trinajstić information content (AvgIpc) is 2.40. The van der Waals surface area contributed by atoms with E-state index >= 15 is 0 Å². The number of hydrogen-bond acceptors (Lipinski definition) is 3. The van der Waals surface area contributed by atoms with Crippen LogP contribution >= 0.6 is 11.6 Å². The van der Waals surface area contributed by atoms with Crippen molar-refractivity contribution >= 4 is 11.6 Å². The van der Waals surface area contributed by atoms with Crippen LogP contribution in [0, 0.1) is 6.92 Å². The Balaban J connectivity index is 2.02. The number of rotatable bonds is 5. The fourth-order valence-electron chi connectivity index (χ4n) is 1.95. The maximum Gasteiger partial charge on any atom is 0.129 e. The first-order valence-corrected chi connectivity index (χ1v) is 6.80. The van der Waals surface area contributed by atoms with Gasteiger partial charge in [0.25, 0.3) is 0 Å². The van der Waals surface area contributed by atoms with Gasteiger partial charge >= 0.3 is 0 Å². The van der Waals surface area contributed by atoms with Gasteiger partial charge in [-0.1, -0.05) is 30.7 Å². The van der Waals surface area contributed by atoms with E-state index in [9.17, 15) is 0 Å². The van der Waals surface area contributed by atoms with Crippen LogP contribution in [-0.2, 0) is 13.1 Å². The van der Waals surface area contributed by atoms with Crippen LogP contribution in [0.3, 0.4) is 0 Å². The van der Waals surface area contributed by atoms with Gasteiger partial charge in [0, 0.05) is 25.0 Å². The molecule has 0 bridgehead atoms. The first-order chi connectivity index (χ1) is 9.17. The van der Waals surface area contributed by atoms with E-state index in [2.05, 4.69) is 33.9 Å². The Morgan fingerprint density at radius 3 is 2.63 bits per heavy atom. The van der Waals surface area contributed by atoms with Gasteiger partial charge in [-0.25, -0.2) is 4.98 Å². The van der Waals surface area contributed by atoms with Crippen molar-refractivity contribution in [1.29, 1.82) is 0 Å². The van der Waals surface area contributed by atoms with Crippen LogP contribution in [0.4, 0.5) is 0 Å². The molecule has 0 atom stereocenters. The summed E-state index contributed by atoms with van der Waals surface area (Å²) in [5.74, 6) is 0. The third-order valence-corrected chi connectivity index (χ3v) is 3.20. The summed E-state index contributed by atoms with van der Waals surface area (Å²) in [5.41, 5.74) is 3.32. The molecule has 0 amide bonds. The molecule has 0 unspecified atom stereocenters. The summed E-state index contributed by atoms with van der Waals surface area (Å²) in [4.78, 5) is 11.0. The lowest BCUT2D eigenvalue weighted by Crippen LogP contribution is -2.23. The number of hydrogen-bond donors (Lipinski definition) is 0. The topological polar surface area (TPSA) is 29.0 Å². The highest BCUT2D eigenvalue weighted by Gasteiger charge is 2.06. The zero-order chi connectivity index (χ0) is 13.7. The molecule has 0 aliphatic carbocycles. The van der Waals surface area contributed by atoms with E-state index in [4.69, 9.17) is 11.6 Å². The molecule has 2 aromatic heterocycles. The van der Waals surface area contributed by atoms with Crippen molar-refractivity contribution < 1.29 is 0 Å². The normalized spacial score (nSPS) is 10.9. The second-order valence-corrected chi connectivity index (χ2v) is 4.95. The summed E-state index contributed by atoms with van der Waals surface area (Å²) in [6.45, 7) is 6.84. The van der Waals surface area contributed by atoms with Crippen molar-refractivity contribution in [1.82, 2.24) is 14.9 Å². The maximum absolute atomic E-state index is 5.79. The van der Waals surface area contributed by atoms with Gasteiger partial charge in [-0.15, -0.1) is 0 Å². The van der Waals surface area contributed by atoms with Gasteiger partial charge in [-0.3, -0.25) is 9.88 Å². The van der Waals surface area contributed by atoms with Crippen molar-refractivity contribution in [2.75, 3.05) is 6.54 Å². The average molecular weight is 276 g/mol. The minimum atomic E-state index is 0.534. The Hall–Kier alpha value is -1.45. The molecule has 0 aliphatic rings. The Morgan fingerprint density at radius 1 is 1.16 bits per heavy atom. The van der Waals surface area contributed by atoms with E-state index in [1.54, 1.807) is 0 Å². The van der Waals surface area contributed by atoms with Crippen LogP contribution in [0.25, 0.3) is 0 Å². The highest BCUT2D eigenvalue weighted by Crippen LogP contribution is 2.10. The van der Waals surface area contributed by atoms with Crippen molar-refractivity contribution in [3.8, 4) is 0 Å². The van der Waals surface area contributed by atoms with Gasteiger partial charge in [0.1, 0.15) is 5.15 Å². The van der Waals surface area contributed by atoms with Crippen molar-refractivity contribution in [3.05, 3.63) is 58.6 Å². The standard InChI is InChI=1S/C15H18ClN3/c1-3-19(10-13-7-8-15(16)17-9-13)11-14-6-4-5-12(2)18-14/h4-9H,3,10-11H2,1-2H3. The van der Waals surface area contributed by atoms with Crippen LogP contribution in [-0.4, -0.2) is 21.4 Å². The molecule has 0 radical (unpaired) electrons. The van der Waals surface area contributed by atoms with Crippen molar-refractivity contribution in [2.45, 2.75) is 26.9 Å². The molecule has 4 heteroatoms. The zero-order valence-corrected chi connectivity index (χ0v) is 12.1. The Kier molecular flexibility index (Phi) is 4.88. The summed E-state index contributed by atoms with van der Waals surface area (Å²) in [6, 6.07) is 9.98. The molecule has 19 heavy (non-hydrogen) atoms. The first kappa shape index (κ1) is 14.0. The summed E-state index contributed by atoms with van der Waals surface area (Å²) in [7, 11) is 0. The van der Waals surface area contributed by atoms with Gasteiger partial charge in [-0.2, -0.15) is 0 Å². The molecule has 0 N–H and O–H groups in total. The smallest absolute Gasteiger partial charge is 0.129 e. The van der Waals surface area contributed by atoms with Gasteiger partial charge in [0.15, 0.2) is 0 Å². The van der Waals surface area contributed by atoms with Crippen LogP contribution in [0.1, 0.15) is 23.9 Å². The monoisotopic (exact) mass is 275 g/mol. The predicted octanol–water partition coefficient (Wildman–Crippen LogP) is 3.46. The lowest BCUT2D eigenvalue weighted by atomic mass is 10.2. The second kappa shape index (κ2) is 6.64.